The van der Waals surface area contributed by atoms with Crippen molar-refractivity contribution in [1.29, 1.82) is 0 Å². The van der Waals surface area contributed by atoms with Crippen LogP contribution < -0.4 is 4.72 Å². The highest BCUT2D eigenvalue weighted by Gasteiger charge is 2.31. The van der Waals surface area contributed by atoms with Crippen molar-refractivity contribution in [2.24, 2.45) is 5.92 Å². The van der Waals surface area contributed by atoms with Crippen LogP contribution in [0.4, 0.5) is 0 Å². The van der Waals surface area contributed by atoms with Gasteiger partial charge in [0.05, 0.1) is 0 Å². The zero-order valence-corrected chi connectivity index (χ0v) is 17.3. The minimum Gasteiger partial charge on any atom is -0.508 e. The van der Waals surface area contributed by atoms with E-state index in [2.05, 4.69) is 16.6 Å². The molecule has 0 unspecified atom stereocenters. The zero-order chi connectivity index (χ0) is 20.9. The number of phenols is 1. The van der Waals surface area contributed by atoms with Crippen LogP contribution in [0.1, 0.15) is 31.7 Å². The van der Waals surface area contributed by atoms with Gasteiger partial charge in [-0.3, -0.25) is 9.78 Å². The van der Waals surface area contributed by atoms with Crippen LogP contribution in [0.2, 0.25) is 0 Å². The van der Waals surface area contributed by atoms with Crippen LogP contribution >= 0.6 is 0 Å². The van der Waals surface area contributed by atoms with Crippen molar-refractivity contribution in [3.05, 3.63) is 54.4 Å². The van der Waals surface area contributed by atoms with Crippen molar-refractivity contribution in [2.75, 3.05) is 13.1 Å². The van der Waals surface area contributed by atoms with Crippen LogP contribution in [0.25, 0.3) is 0 Å². The van der Waals surface area contributed by atoms with E-state index in [1.165, 1.54) is 30.6 Å². The Labute approximate surface area is 171 Å². The smallest absolute Gasteiger partial charge is 0.242 e. The van der Waals surface area contributed by atoms with Gasteiger partial charge < -0.3 is 10.0 Å². The second kappa shape index (κ2) is 9.37. The third-order valence-corrected chi connectivity index (χ3v) is 6.88. The van der Waals surface area contributed by atoms with Gasteiger partial charge in [-0.1, -0.05) is 25.5 Å². The maximum atomic E-state index is 13.2. The lowest BCUT2D eigenvalue weighted by Gasteiger charge is -2.34. The van der Waals surface area contributed by atoms with Gasteiger partial charge in [0.25, 0.3) is 0 Å². The topological polar surface area (TPSA) is 99.6 Å². The molecule has 0 spiro atoms. The first-order valence-corrected chi connectivity index (χ1v) is 11.4. The SMILES string of the molecule is CCC1CCN(C(=O)[C@H](Cc2ccc(O)cc2)NS(=O)(=O)c2cccnc2)CC1. The molecule has 0 radical (unpaired) electrons. The summed E-state index contributed by atoms with van der Waals surface area (Å²) in [5.74, 6) is 0.510. The van der Waals surface area contributed by atoms with E-state index in [0.717, 1.165) is 24.8 Å². The summed E-state index contributed by atoms with van der Waals surface area (Å²) in [6, 6.07) is 8.50. The number of amides is 1. The van der Waals surface area contributed by atoms with Crippen molar-refractivity contribution in [3.8, 4) is 5.75 Å². The number of benzene rings is 1. The molecule has 2 N–H and O–H groups in total. The second-order valence-corrected chi connectivity index (χ2v) is 9.12. The second-order valence-electron chi connectivity index (χ2n) is 7.41. The number of carbonyl (C=O) groups excluding carboxylic acids is 1. The molecule has 1 aliphatic rings. The Bertz CT molecular complexity index is 909. The fourth-order valence-corrected chi connectivity index (χ4v) is 4.74. The van der Waals surface area contributed by atoms with E-state index < -0.39 is 16.1 Å². The number of likely N-dealkylation sites (tertiary alicyclic amines) is 1. The Hall–Kier alpha value is -2.45. The first-order chi connectivity index (χ1) is 13.9. The largest absolute Gasteiger partial charge is 0.508 e. The molecule has 1 fully saturated rings. The van der Waals surface area contributed by atoms with Crippen molar-refractivity contribution in [2.45, 2.75) is 43.5 Å². The van der Waals surface area contributed by atoms with Crippen LogP contribution in [0, 0.1) is 5.92 Å². The van der Waals surface area contributed by atoms with E-state index in [4.69, 9.17) is 0 Å². The lowest BCUT2D eigenvalue weighted by Crippen LogP contribution is -2.51. The van der Waals surface area contributed by atoms with Gasteiger partial charge in [-0.15, -0.1) is 0 Å². The van der Waals surface area contributed by atoms with Crippen molar-refractivity contribution in [3.63, 3.8) is 0 Å². The number of piperidine rings is 1. The number of phenolic OH excluding ortho intramolecular Hbond substituents is 1. The summed E-state index contributed by atoms with van der Waals surface area (Å²) in [6.07, 6.45) is 5.92. The minimum absolute atomic E-state index is 0.0215. The minimum atomic E-state index is -3.90. The molecule has 8 heteroatoms. The summed E-state index contributed by atoms with van der Waals surface area (Å²) in [5, 5.41) is 9.49. The predicted molar refractivity (Wildman–Crippen MR) is 110 cm³/mol. The van der Waals surface area contributed by atoms with Gasteiger partial charge in [0.1, 0.15) is 16.7 Å². The fraction of sp³-hybridized carbons (Fsp3) is 0.429. The van der Waals surface area contributed by atoms with Crippen LogP contribution in [0.15, 0.2) is 53.7 Å². The lowest BCUT2D eigenvalue weighted by atomic mass is 9.94. The Balaban J connectivity index is 1.81. The zero-order valence-electron chi connectivity index (χ0n) is 16.5. The Morgan fingerprint density at radius 1 is 1.24 bits per heavy atom. The number of nitrogens with zero attached hydrogens (tertiary/aromatic N) is 2. The molecule has 29 heavy (non-hydrogen) atoms. The number of rotatable bonds is 7. The average Bonchev–Trinajstić information content (AvgIpc) is 2.75. The quantitative estimate of drug-likeness (QED) is 0.720. The van der Waals surface area contributed by atoms with E-state index >= 15 is 0 Å². The Morgan fingerprint density at radius 3 is 2.52 bits per heavy atom. The predicted octanol–water partition coefficient (Wildman–Crippen LogP) is 2.33. The van der Waals surface area contributed by atoms with Gasteiger partial charge in [0.15, 0.2) is 0 Å². The molecule has 7 nitrogen and oxygen atoms in total. The molecule has 156 valence electrons. The molecular weight excluding hydrogens is 390 g/mol. The van der Waals surface area contributed by atoms with Crippen LogP contribution in [0.5, 0.6) is 5.75 Å². The summed E-state index contributed by atoms with van der Waals surface area (Å²) in [7, 11) is -3.90. The molecule has 1 saturated heterocycles. The summed E-state index contributed by atoms with van der Waals surface area (Å²) >= 11 is 0. The number of aromatic nitrogens is 1. The standard InChI is InChI=1S/C21H27N3O4S/c1-2-16-9-12-24(13-10-16)21(26)20(14-17-5-7-18(25)8-6-17)23-29(27,28)19-4-3-11-22-15-19/h3-8,11,15-16,20,23,25H,2,9-10,12-14H2,1H3/t20-/m0/s1. The average molecular weight is 418 g/mol. The van der Waals surface area contributed by atoms with E-state index in [1.807, 2.05) is 0 Å². The highest BCUT2D eigenvalue weighted by Crippen LogP contribution is 2.22. The maximum absolute atomic E-state index is 13.2. The van der Waals surface area contributed by atoms with Crippen LogP contribution in [-0.4, -0.2) is 48.4 Å². The van der Waals surface area contributed by atoms with E-state index in [1.54, 1.807) is 23.1 Å². The van der Waals surface area contributed by atoms with Gasteiger partial charge in [0, 0.05) is 25.5 Å². The number of hydrogen-bond acceptors (Lipinski definition) is 5. The van der Waals surface area contributed by atoms with E-state index in [9.17, 15) is 18.3 Å². The van der Waals surface area contributed by atoms with Crippen molar-refractivity contribution < 1.29 is 18.3 Å². The molecular formula is C21H27N3O4S. The van der Waals surface area contributed by atoms with Gasteiger partial charge in [-0.05, 0) is 55.0 Å². The number of hydrogen-bond donors (Lipinski definition) is 2. The molecule has 2 aromatic rings. The molecule has 1 atom stereocenters. The molecule has 1 amide bonds. The van der Waals surface area contributed by atoms with E-state index in [0.29, 0.717) is 19.0 Å². The summed E-state index contributed by atoms with van der Waals surface area (Å²) in [5.41, 5.74) is 0.762. The van der Waals surface area contributed by atoms with Crippen LogP contribution in [-0.2, 0) is 21.2 Å². The first-order valence-electron chi connectivity index (χ1n) is 9.88. The number of nitrogens with one attached hydrogen (secondary N) is 1. The third-order valence-electron chi connectivity index (χ3n) is 5.42. The molecule has 1 aliphatic heterocycles. The first kappa shape index (κ1) is 21.3. The number of sulfonamides is 1. The summed E-state index contributed by atoms with van der Waals surface area (Å²) in [4.78, 5) is 18.8. The van der Waals surface area contributed by atoms with Gasteiger partial charge in [-0.2, -0.15) is 4.72 Å². The van der Waals surface area contributed by atoms with Crippen LogP contribution in [0.3, 0.4) is 0 Å². The fourth-order valence-electron chi connectivity index (χ4n) is 3.59. The molecule has 1 aromatic heterocycles. The van der Waals surface area contributed by atoms with E-state index in [-0.39, 0.29) is 23.0 Å². The van der Waals surface area contributed by atoms with Crippen molar-refractivity contribution in [1.82, 2.24) is 14.6 Å². The summed E-state index contributed by atoms with van der Waals surface area (Å²) in [6.45, 7) is 3.42. The Kier molecular flexibility index (Phi) is 6.87. The van der Waals surface area contributed by atoms with Gasteiger partial charge in [0.2, 0.25) is 15.9 Å². The molecule has 0 aliphatic carbocycles. The molecule has 3 rings (SSSR count). The molecule has 1 aromatic carbocycles. The van der Waals surface area contributed by atoms with Gasteiger partial charge in [-0.25, -0.2) is 8.42 Å². The highest BCUT2D eigenvalue weighted by atomic mass is 32.2. The normalized spacial score (nSPS) is 16.5. The highest BCUT2D eigenvalue weighted by molar-refractivity contribution is 7.89. The third kappa shape index (κ3) is 5.55. The Morgan fingerprint density at radius 2 is 1.93 bits per heavy atom. The molecule has 0 saturated carbocycles. The number of aromatic hydroxyl groups is 1. The van der Waals surface area contributed by atoms with Crippen molar-refractivity contribution >= 4 is 15.9 Å². The van der Waals surface area contributed by atoms with Gasteiger partial charge >= 0.3 is 0 Å². The monoisotopic (exact) mass is 417 g/mol. The number of pyridine rings is 1. The maximum Gasteiger partial charge on any atom is 0.242 e. The number of carbonyl (C=O) groups is 1. The lowest BCUT2D eigenvalue weighted by molar-refractivity contribution is -0.134. The molecule has 0 bridgehead atoms. The molecule has 2 heterocycles. The summed E-state index contributed by atoms with van der Waals surface area (Å²) < 4.78 is 28.2.